The highest BCUT2D eigenvalue weighted by atomic mass is 35.5. The topological polar surface area (TPSA) is 57.7 Å². The van der Waals surface area contributed by atoms with Crippen LogP contribution < -0.4 is 4.90 Å². The van der Waals surface area contributed by atoms with Crippen molar-refractivity contribution in [3.63, 3.8) is 0 Å². The van der Waals surface area contributed by atoms with Crippen LogP contribution in [0, 0.1) is 6.92 Å². The van der Waals surface area contributed by atoms with Crippen molar-refractivity contribution in [2.24, 2.45) is 0 Å². The number of hydrogen-bond donors (Lipinski definition) is 0. The smallest absolute Gasteiger partial charge is 0.261 e. The third-order valence-corrected chi connectivity index (χ3v) is 5.83. The van der Waals surface area contributed by atoms with Crippen molar-refractivity contribution in [3.05, 3.63) is 100 Å². The standard InChI is InChI=1S/C26H23ClN2O3/c1-18-8-14-21(15-9-18)28(24(30)19-10-12-20(27)13-11-19)16-4-5-17-29-25(31)22-6-2-3-7-23(22)26(29)32/h2-3,6-15H,4-5,16-17H2,1H3. The lowest BCUT2D eigenvalue weighted by atomic mass is 10.1. The zero-order chi connectivity index (χ0) is 22.7. The molecule has 0 saturated heterocycles. The summed E-state index contributed by atoms with van der Waals surface area (Å²) in [5.41, 5.74) is 3.37. The van der Waals surface area contributed by atoms with Gasteiger partial charge in [0.05, 0.1) is 11.1 Å². The predicted octanol–water partition coefficient (Wildman–Crippen LogP) is 5.37. The van der Waals surface area contributed by atoms with Crippen molar-refractivity contribution in [3.8, 4) is 0 Å². The fraction of sp³-hybridized carbons (Fsp3) is 0.192. The monoisotopic (exact) mass is 446 g/mol. The number of carbonyl (C=O) groups excluding carboxylic acids is 3. The third kappa shape index (κ3) is 4.43. The number of rotatable bonds is 7. The van der Waals surface area contributed by atoms with E-state index in [4.69, 9.17) is 11.6 Å². The molecule has 1 aliphatic heterocycles. The summed E-state index contributed by atoms with van der Waals surface area (Å²) in [6.45, 7) is 2.79. The number of nitrogens with zero attached hydrogens (tertiary/aromatic N) is 2. The molecule has 0 aliphatic carbocycles. The largest absolute Gasteiger partial charge is 0.308 e. The van der Waals surface area contributed by atoms with E-state index < -0.39 is 0 Å². The Morgan fingerprint density at radius 2 is 1.44 bits per heavy atom. The van der Waals surface area contributed by atoms with Gasteiger partial charge in [0, 0.05) is 29.4 Å². The lowest BCUT2D eigenvalue weighted by molar-refractivity contribution is 0.0651. The minimum Gasteiger partial charge on any atom is -0.308 e. The molecule has 0 spiro atoms. The van der Waals surface area contributed by atoms with Crippen molar-refractivity contribution in [1.29, 1.82) is 0 Å². The molecule has 0 unspecified atom stereocenters. The molecule has 3 aromatic rings. The first-order valence-corrected chi connectivity index (χ1v) is 10.9. The predicted molar refractivity (Wildman–Crippen MR) is 125 cm³/mol. The Labute approximate surface area is 192 Å². The molecule has 32 heavy (non-hydrogen) atoms. The van der Waals surface area contributed by atoms with Crippen LogP contribution in [0.2, 0.25) is 5.02 Å². The van der Waals surface area contributed by atoms with Crippen LogP contribution in [0.3, 0.4) is 0 Å². The van der Waals surface area contributed by atoms with E-state index in [0.717, 1.165) is 11.3 Å². The fourth-order valence-corrected chi connectivity index (χ4v) is 3.93. The molecule has 0 radical (unpaired) electrons. The number of aryl methyl sites for hydroxylation is 1. The first-order chi connectivity index (χ1) is 15.5. The lowest BCUT2D eigenvalue weighted by Gasteiger charge is -2.24. The average Bonchev–Trinajstić information content (AvgIpc) is 3.05. The molecule has 0 N–H and O–H groups in total. The summed E-state index contributed by atoms with van der Waals surface area (Å²) in [4.78, 5) is 41.3. The fourth-order valence-electron chi connectivity index (χ4n) is 3.80. The van der Waals surface area contributed by atoms with E-state index in [1.54, 1.807) is 53.4 Å². The van der Waals surface area contributed by atoms with Crippen LogP contribution in [-0.2, 0) is 0 Å². The van der Waals surface area contributed by atoms with Crippen molar-refractivity contribution < 1.29 is 14.4 Å². The van der Waals surface area contributed by atoms with Gasteiger partial charge in [0.15, 0.2) is 0 Å². The maximum Gasteiger partial charge on any atom is 0.261 e. The number of benzene rings is 3. The molecule has 0 atom stereocenters. The van der Waals surface area contributed by atoms with E-state index in [1.165, 1.54) is 4.90 Å². The molecule has 4 rings (SSSR count). The highest BCUT2D eigenvalue weighted by Gasteiger charge is 2.34. The van der Waals surface area contributed by atoms with Crippen LogP contribution in [0.25, 0.3) is 0 Å². The molecule has 0 aromatic heterocycles. The Morgan fingerprint density at radius 1 is 0.844 bits per heavy atom. The highest BCUT2D eigenvalue weighted by molar-refractivity contribution is 6.30. The van der Waals surface area contributed by atoms with E-state index in [9.17, 15) is 14.4 Å². The molecule has 0 fully saturated rings. The van der Waals surface area contributed by atoms with Crippen molar-refractivity contribution in [2.45, 2.75) is 19.8 Å². The number of carbonyl (C=O) groups is 3. The molecule has 1 heterocycles. The maximum atomic E-state index is 13.2. The minimum atomic E-state index is -0.252. The van der Waals surface area contributed by atoms with Gasteiger partial charge >= 0.3 is 0 Å². The van der Waals surface area contributed by atoms with Gasteiger partial charge in [-0.25, -0.2) is 0 Å². The molecule has 162 valence electrons. The van der Waals surface area contributed by atoms with Crippen molar-refractivity contribution >= 4 is 35.0 Å². The second-order valence-electron chi connectivity index (χ2n) is 7.81. The van der Waals surface area contributed by atoms with Gasteiger partial charge in [0.1, 0.15) is 0 Å². The van der Waals surface area contributed by atoms with E-state index >= 15 is 0 Å². The van der Waals surface area contributed by atoms with Gasteiger partial charge in [-0.1, -0.05) is 41.4 Å². The molecule has 1 aliphatic rings. The summed E-state index contributed by atoms with van der Waals surface area (Å²) in [7, 11) is 0. The van der Waals surface area contributed by atoms with E-state index in [-0.39, 0.29) is 17.7 Å². The van der Waals surface area contributed by atoms with E-state index in [2.05, 4.69) is 0 Å². The molecule has 0 bridgehead atoms. The van der Waals surface area contributed by atoms with Gasteiger partial charge in [0.25, 0.3) is 17.7 Å². The normalized spacial score (nSPS) is 12.8. The molecule has 0 saturated carbocycles. The van der Waals surface area contributed by atoms with Crippen LogP contribution in [-0.4, -0.2) is 35.7 Å². The molecular weight excluding hydrogens is 424 g/mol. The number of anilines is 1. The molecule has 3 amide bonds. The van der Waals surface area contributed by atoms with Crippen LogP contribution in [0.4, 0.5) is 5.69 Å². The van der Waals surface area contributed by atoms with E-state index in [0.29, 0.717) is 47.6 Å². The summed E-state index contributed by atoms with van der Waals surface area (Å²) in [6.07, 6.45) is 1.24. The number of halogens is 1. The zero-order valence-electron chi connectivity index (χ0n) is 17.8. The van der Waals surface area contributed by atoms with Gasteiger partial charge in [0.2, 0.25) is 0 Å². The number of imide groups is 1. The second-order valence-corrected chi connectivity index (χ2v) is 8.25. The van der Waals surface area contributed by atoms with Gasteiger partial charge < -0.3 is 4.90 Å². The first-order valence-electron chi connectivity index (χ1n) is 10.5. The molecule has 3 aromatic carbocycles. The van der Waals surface area contributed by atoms with E-state index in [1.807, 2.05) is 31.2 Å². The number of amides is 3. The average molecular weight is 447 g/mol. The Bertz CT molecular complexity index is 1120. The highest BCUT2D eigenvalue weighted by Crippen LogP contribution is 2.24. The van der Waals surface area contributed by atoms with Crippen LogP contribution >= 0.6 is 11.6 Å². The van der Waals surface area contributed by atoms with Crippen LogP contribution in [0.5, 0.6) is 0 Å². The van der Waals surface area contributed by atoms with Crippen LogP contribution in [0.15, 0.2) is 72.8 Å². The number of hydrogen-bond acceptors (Lipinski definition) is 3. The summed E-state index contributed by atoms with van der Waals surface area (Å²) in [5, 5.41) is 0.573. The summed E-state index contributed by atoms with van der Waals surface area (Å²) in [5.74, 6) is -0.622. The van der Waals surface area contributed by atoms with Crippen molar-refractivity contribution in [1.82, 2.24) is 4.90 Å². The summed E-state index contributed by atoms with van der Waals surface area (Å²) in [6, 6.07) is 21.5. The van der Waals surface area contributed by atoms with Gasteiger partial charge in [-0.15, -0.1) is 0 Å². The minimum absolute atomic E-state index is 0.119. The lowest BCUT2D eigenvalue weighted by Crippen LogP contribution is -2.34. The Kier molecular flexibility index (Phi) is 6.37. The van der Waals surface area contributed by atoms with Crippen molar-refractivity contribution in [2.75, 3.05) is 18.0 Å². The van der Waals surface area contributed by atoms with Crippen LogP contribution in [0.1, 0.15) is 49.5 Å². The Morgan fingerprint density at radius 3 is 2.03 bits per heavy atom. The second kappa shape index (κ2) is 9.37. The van der Waals surface area contributed by atoms with Gasteiger partial charge in [-0.3, -0.25) is 19.3 Å². The zero-order valence-corrected chi connectivity index (χ0v) is 18.5. The van der Waals surface area contributed by atoms with Gasteiger partial charge in [-0.05, 0) is 68.3 Å². The number of unbranched alkanes of at least 4 members (excludes halogenated alkanes) is 1. The third-order valence-electron chi connectivity index (χ3n) is 5.57. The summed E-state index contributed by atoms with van der Waals surface area (Å²) < 4.78 is 0. The molecule has 5 nitrogen and oxygen atoms in total. The molecular formula is C26H23ClN2O3. The quantitative estimate of drug-likeness (QED) is 0.362. The SMILES string of the molecule is Cc1ccc(N(CCCCN2C(=O)c3ccccc3C2=O)C(=O)c2ccc(Cl)cc2)cc1. The first kappa shape index (κ1) is 21.8. The Hall–Kier alpha value is -3.44. The van der Waals surface area contributed by atoms with Gasteiger partial charge in [-0.2, -0.15) is 0 Å². The number of fused-ring (bicyclic) bond motifs is 1. The maximum absolute atomic E-state index is 13.2. The summed E-state index contributed by atoms with van der Waals surface area (Å²) >= 11 is 5.97. The molecule has 6 heteroatoms. The Balaban J connectivity index is 1.43.